The van der Waals surface area contributed by atoms with Gasteiger partial charge in [-0.15, -0.1) is 0 Å². The first-order chi connectivity index (χ1) is 21.9. The van der Waals surface area contributed by atoms with Crippen molar-refractivity contribution in [2.24, 2.45) is 0 Å². The minimum Gasteiger partial charge on any atom is -0.507 e. The number of benzene rings is 3. The van der Waals surface area contributed by atoms with Gasteiger partial charge in [0.1, 0.15) is 17.3 Å². The molecule has 1 amide bonds. The van der Waals surface area contributed by atoms with Gasteiger partial charge in [0.25, 0.3) is 5.78 Å². The Balaban J connectivity index is 1.63. The summed E-state index contributed by atoms with van der Waals surface area (Å²) in [5, 5.41) is 11.9. The molecule has 45 heavy (non-hydrogen) atoms. The molecule has 0 aliphatic carbocycles. The number of aliphatic hydroxyl groups excluding tert-OH is 1. The second kappa shape index (κ2) is 14.5. The summed E-state index contributed by atoms with van der Waals surface area (Å²) in [5.74, 6) is 0.479. The molecular weight excluding hydrogens is 592 g/mol. The molecule has 0 spiro atoms. The molecule has 1 N–H and O–H groups in total. The van der Waals surface area contributed by atoms with E-state index in [-0.39, 0.29) is 11.3 Å². The van der Waals surface area contributed by atoms with E-state index >= 15 is 0 Å². The van der Waals surface area contributed by atoms with Gasteiger partial charge in [0.2, 0.25) is 0 Å². The predicted molar refractivity (Wildman–Crippen MR) is 176 cm³/mol. The normalized spacial score (nSPS) is 15.9. The third-order valence-electron chi connectivity index (χ3n) is 7.42. The van der Waals surface area contributed by atoms with Crippen molar-refractivity contribution in [1.82, 2.24) is 4.98 Å². The molecular formula is C35H38N2O7S. The first-order valence-corrected chi connectivity index (χ1v) is 16.1. The average molecular weight is 631 g/mol. The standard InChI is InChI=1S/C35H38N2O7S/c1-5-8-9-19-44-27-17-12-23(20-28(27)42-7-3)31-30(32(38)22-10-13-24(14-11-22)43-18-6-2)33(39)34(40)37(31)35-36-26-16-15-25(41-4)21-29(26)45-35/h10-17,20-21,31,38H,5-9,18-19H2,1-4H3. The summed E-state index contributed by atoms with van der Waals surface area (Å²) in [4.78, 5) is 33.6. The van der Waals surface area contributed by atoms with E-state index in [1.807, 2.05) is 19.9 Å². The summed E-state index contributed by atoms with van der Waals surface area (Å²) in [6.07, 6.45) is 3.90. The van der Waals surface area contributed by atoms with Crippen LogP contribution < -0.4 is 23.8 Å². The quantitative estimate of drug-likeness (QED) is 0.0654. The minimum absolute atomic E-state index is 0.0434. The number of aromatic nitrogens is 1. The second-order valence-electron chi connectivity index (χ2n) is 10.6. The number of anilines is 1. The van der Waals surface area contributed by atoms with Gasteiger partial charge in [-0.3, -0.25) is 14.5 Å². The number of rotatable bonds is 14. The van der Waals surface area contributed by atoms with E-state index in [9.17, 15) is 14.7 Å². The Morgan fingerprint density at radius 3 is 2.36 bits per heavy atom. The number of hydrogen-bond acceptors (Lipinski definition) is 9. The van der Waals surface area contributed by atoms with E-state index in [1.54, 1.807) is 61.7 Å². The van der Waals surface area contributed by atoms with Crippen LogP contribution in [0.15, 0.2) is 66.2 Å². The highest BCUT2D eigenvalue weighted by atomic mass is 32.1. The Labute approximate surface area is 267 Å². The third kappa shape index (κ3) is 6.76. The number of amides is 1. The van der Waals surface area contributed by atoms with Crippen molar-refractivity contribution in [3.05, 3.63) is 77.4 Å². The van der Waals surface area contributed by atoms with E-state index in [0.717, 1.165) is 30.4 Å². The lowest BCUT2D eigenvalue weighted by Gasteiger charge is -2.24. The lowest BCUT2D eigenvalue weighted by atomic mass is 9.95. The van der Waals surface area contributed by atoms with Gasteiger partial charge in [-0.2, -0.15) is 0 Å². The number of ether oxygens (including phenoxy) is 4. The second-order valence-corrected chi connectivity index (χ2v) is 11.6. The van der Waals surface area contributed by atoms with Crippen LogP contribution >= 0.6 is 11.3 Å². The van der Waals surface area contributed by atoms with E-state index < -0.39 is 17.7 Å². The van der Waals surface area contributed by atoms with Crippen molar-refractivity contribution in [2.75, 3.05) is 31.8 Å². The van der Waals surface area contributed by atoms with Crippen LogP contribution in [0.2, 0.25) is 0 Å². The number of nitrogens with zero attached hydrogens (tertiary/aromatic N) is 2. The van der Waals surface area contributed by atoms with Gasteiger partial charge in [-0.05, 0) is 79.9 Å². The SMILES string of the molecule is CCCCCOc1ccc(C2C(=C(O)c3ccc(OCCC)cc3)C(=O)C(=O)N2c2nc3ccc(OC)cc3s2)cc1OCC. The fourth-order valence-electron chi connectivity index (χ4n) is 5.17. The number of carbonyl (C=O) groups excluding carboxylic acids is 2. The Hall–Kier alpha value is -4.57. The van der Waals surface area contributed by atoms with Crippen LogP contribution in [0, 0.1) is 0 Å². The van der Waals surface area contributed by atoms with Crippen molar-refractivity contribution in [3.63, 3.8) is 0 Å². The van der Waals surface area contributed by atoms with Crippen molar-refractivity contribution in [2.45, 2.75) is 52.5 Å². The molecule has 1 unspecified atom stereocenters. The van der Waals surface area contributed by atoms with Crippen molar-refractivity contribution < 1.29 is 33.6 Å². The molecule has 1 aromatic heterocycles. The number of thiazole rings is 1. The lowest BCUT2D eigenvalue weighted by molar-refractivity contribution is -0.132. The van der Waals surface area contributed by atoms with Gasteiger partial charge in [0, 0.05) is 5.56 Å². The van der Waals surface area contributed by atoms with Gasteiger partial charge in [0.15, 0.2) is 16.6 Å². The van der Waals surface area contributed by atoms with Crippen molar-refractivity contribution >= 4 is 44.1 Å². The maximum Gasteiger partial charge on any atom is 0.301 e. The highest BCUT2D eigenvalue weighted by Crippen LogP contribution is 2.46. The summed E-state index contributed by atoms with van der Waals surface area (Å²) in [7, 11) is 1.58. The van der Waals surface area contributed by atoms with E-state index in [2.05, 4.69) is 6.92 Å². The van der Waals surface area contributed by atoms with E-state index in [1.165, 1.54) is 16.2 Å². The van der Waals surface area contributed by atoms with Crippen LogP contribution in [-0.4, -0.2) is 48.7 Å². The Morgan fingerprint density at radius 1 is 0.867 bits per heavy atom. The number of methoxy groups -OCH3 is 1. The number of ketones is 1. The number of Topliss-reactive ketones (excluding diaryl/α,β-unsaturated/α-hetero) is 1. The molecule has 10 heteroatoms. The van der Waals surface area contributed by atoms with E-state index in [4.69, 9.17) is 23.9 Å². The van der Waals surface area contributed by atoms with Crippen LogP contribution in [-0.2, 0) is 9.59 Å². The molecule has 0 radical (unpaired) electrons. The monoisotopic (exact) mass is 630 g/mol. The Kier molecular flexibility index (Phi) is 10.2. The number of fused-ring (bicyclic) bond motifs is 1. The number of hydrogen-bond donors (Lipinski definition) is 1. The first kappa shape index (κ1) is 31.8. The highest BCUT2D eigenvalue weighted by molar-refractivity contribution is 7.22. The number of carbonyl (C=O) groups is 2. The summed E-state index contributed by atoms with van der Waals surface area (Å²) >= 11 is 1.27. The molecule has 0 saturated carbocycles. The van der Waals surface area contributed by atoms with Crippen molar-refractivity contribution in [1.29, 1.82) is 0 Å². The van der Waals surface area contributed by atoms with Crippen LogP contribution in [0.1, 0.15) is 63.6 Å². The van der Waals surface area contributed by atoms with Gasteiger partial charge in [0.05, 0.1) is 48.8 Å². The molecule has 236 valence electrons. The summed E-state index contributed by atoms with van der Waals surface area (Å²) in [6.45, 7) is 7.52. The zero-order valence-electron chi connectivity index (χ0n) is 26.0. The molecule has 1 aliphatic rings. The molecule has 3 aromatic carbocycles. The fraction of sp³-hybridized carbons (Fsp3) is 0.343. The molecule has 9 nitrogen and oxygen atoms in total. The van der Waals surface area contributed by atoms with E-state index in [0.29, 0.717) is 64.6 Å². The summed E-state index contributed by atoms with van der Waals surface area (Å²) < 4.78 is 23.8. The maximum absolute atomic E-state index is 13.8. The minimum atomic E-state index is -0.975. The summed E-state index contributed by atoms with van der Waals surface area (Å²) in [5.41, 5.74) is 1.57. The largest absolute Gasteiger partial charge is 0.507 e. The maximum atomic E-state index is 13.8. The third-order valence-corrected chi connectivity index (χ3v) is 8.44. The molecule has 0 bridgehead atoms. The number of unbranched alkanes of at least 4 members (excludes halogenated alkanes) is 2. The molecule has 2 heterocycles. The molecule has 1 fully saturated rings. The van der Waals surface area contributed by atoms with Crippen LogP contribution in [0.25, 0.3) is 16.0 Å². The lowest BCUT2D eigenvalue weighted by Crippen LogP contribution is -2.29. The predicted octanol–water partition coefficient (Wildman–Crippen LogP) is 7.69. The zero-order chi connectivity index (χ0) is 31.9. The average Bonchev–Trinajstić information content (AvgIpc) is 3.59. The van der Waals surface area contributed by atoms with Gasteiger partial charge in [-0.25, -0.2) is 4.98 Å². The summed E-state index contributed by atoms with van der Waals surface area (Å²) in [6, 6.07) is 16.6. The molecule has 1 saturated heterocycles. The van der Waals surface area contributed by atoms with Gasteiger partial charge in [-0.1, -0.05) is 44.1 Å². The van der Waals surface area contributed by atoms with Crippen LogP contribution in [0.4, 0.5) is 5.13 Å². The van der Waals surface area contributed by atoms with Crippen molar-refractivity contribution in [3.8, 4) is 23.0 Å². The topological polar surface area (TPSA) is 107 Å². The Morgan fingerprint density at radius 2 is 1.64 bits per heavy atom. The number of aliphatic hydroxyl groups is 1. The van der Waals surface area contributed by atoms with Crippen LogP contribution in [0.5, 0.6) is 23.0 Å². The fourth-order valence-corrected chi connectivity index (χ4v) is 6.19. The van der Waals surface area contributed by atoms with Crippen LogP contribution in [0.3, 0.4) is 0 Å². The van der Waals surface area contributed by atoms with Gasteiger partial charge < -0.3 is 24.1 Å². The highest BCUT2D eigenvalue weighted by Gasteiger charge is 2.48. The first-order valence-electron chi connectivity index (χ1n) is 15.3. The van der Waals surface area contributed by atoms with Gasteiger partial charge >= 0.3 is 5.91 Å². The molecule has 4 aromatic rings. The smallest absolute Gasteiger partial charge is 0.301 e. The molecule has 5 rings (SSSR count). The Bertz CT molecular complexity index is 1700. The molecule has 1 aliphatic heterocycles. The zero-order valence-corrected chi connectivity index (χ0v) is 26.8. The molecule has 1 atom stereocenters.